The van der Waals surface area contributed by atoms with Crippen LogP contribution in [0.25, 0.3) is 6.08 Å². The summed E-state index contributed by atoms with van der Waals surface area (Å²) in [4.78, 5) is 25.7. The van der Waals surface area contributed by atoms with Crippen LogP contribution in [-0.4, -0.2) is 49.9 Å². The molecule has 2 aliphatic heterocycles. The first-order chi connectivity index (χ1) is 12.1. The van der Waals surface area contributed by atoms with Gasteiger partial charge in [-0.25, -0.2) is 4.79 Å². The smallest absolute Gasteiger partial charge is 0.410 e. The summed E-state index contributed by atoms with van der Waals surface area (Å²) in [5, 5.41) is 3.00. The van der Waals surface area contributed by atoms with Gasteiger partial charge in [0.05, 0.1) is 27.3 Å². The van der Waals surface area contributed by atoms with Gasteiger partial charge in [0, 0.05) is 18.5 Å². The van der Waals surface area contributed by atoms with Gasteiger partial charge in [0.15, 0.2) is 0 Å². The van der Waals surface area contributed by atoms with Crippen molar-refractivity contribution in [3.63, 3.8) is 0 Å². The van der Waals surface area contributed by atoms with Crippen LogP contribution in [0.1, 0.15) is 23.1 Å². The van der Waals surface area contributed by atoms with Gasteiger partial charge in [0.25, 0.3) is 0 Å². The molecule has 2 heterocycles. The number of benzene rings is 1. The molecule has 0 radical (unpaired) electrons. The highest BCUT2D eigenvalue weighted by molar-refractivity contribution is 5.85. The van der Waals surface area contributed by atoms with Crippen LogP contribution >= 0.6 is 12.4 Å². The Kier molecular flexibility index (Phi) is 6.50. The van der Waals surface area contributed by atoms with Crippen LogP contribution in [0.4, 0.5) is 4.79 Å². The quantitative estimate of drug-likeness (QED) is 0.804. The molecule has 26 heavy (non-hydrogen) atoms. The fraction of sp³-hybridized carbons (Fsp3) is 0.444. The summed E-state index contributed by atoms with van der Waals surface area (Å²) in [7, 11) is 2.96. The van der Waals surface area contributed by atoms with Crippen LogP contribution in [0.15, 0.2) is 18.7 Å². The van der Waals surface area contributed by atoms with E-state index in [1.807, 2.05) is 12.1 Å². The zero-order chi connectivity index (χ0) is 18.0. The molecule has 0 unspecified atom stereocenters. The zero-order valence-electron chi connectivity index (χ0n) is 14.8. The lowest BCUT2D eigenvalue weighted by atomic mass is 10.0. The first-order valence-corrected chi connectivity index (χ1v) is 8.15. The van der Waals surface area contributed by atoms with Crippen LogP contribution in [0.2, 0.25) is 0 Å². The first kappa shape index (κ1) is 20.1. The number of hydrogen-bond donors (Lipinski definition) is 1. The SMILES string of the molecule is C=Cc1ccc(OC)c2c1CN(C(=O)O[C@H]1CN[C@H](C(=O)OC)C1)C2.Cl. The summed E-state index contributed by atoms with van der Waals surface area (Å²) in [6.45, 7) is 5.14. The summed E-state index contributed by atoms with van der Waals surface area (Å²) < 4.78 is 15.6. The fourth-order valence-corrected chi connectivity index (χ4v) is 3.33. The molecular weight excluding hydrogens is 360 g/mol. The van der Waals surface area contributed by atoms with E-state index in [-0.39, 0.29) is 24.5 Å². The molecule has 1 N–H and O–H groups in total. The lowest BCUT2D eigenvalue weighted by Crippen LogP contribution is -2.31. The van der Waals surface area contributed by atoms with Crippen molar-refractivity contribution < 1.29 is 23.8 Å². The molecule has 7 nitrogen and oxygen atoms in total. The number of halogens is 1. The molecule has 1 saturated heterocycles. The summed E-state index contributed by atoms with van der Waals surface area (Å²) in [6.07, 6.45) is 1.45. The molecule has 1 aromatic rings. The van der Waals surface area contributed by atoms with Crippen molar-refractivity contribution in [1.82, 2.24) is 10.2 Å². The van der Waals surface area contributed by atoms with Gasteiger partial charge in [0.2, 0.25) is 0 Å². The second kappa shape index (κ2) is 8.42. The van der Waals surface area contributed by atoms with Crippen LogP contribution in [0.3, 0.4) is 0 Å². The number of amides is 1. The number of ether oxygens (including phenoxy) is 3. The van der Waals surface area contributed by atoms with Crippen molar-refractivity contribution in [2.75, 3.05) is 20.8 Å². The average molecular weight is 383 g/mol. The number of carbonyl (C=O) groups is 2. The van der Waals surface area contributed by atoms with Crippen LogP contribution in [-0.2, 0) is 27.4 Å². The van der Waals surface area contributed by atoms with Crippen molar-refractivity contribution in [3.05, 3.63) is 35.4 Å². The molecule has 1 fully saturated rings. The van der Waals surface area contributed by atoms with E-state index in [2.05, 4.69) is 11.9 Å². The minimum Gasteiger partial charge on any atom is -0.496 e. The number of hydrogen-bond acceptors (Lipinski definition) is 6. The maximum absolute atomic E-state index is 12.5. The van der Waals surface area contributed by atoms with Gasteiger partial charge in [-0.3, -0.25) is 9.69 Å². The normalized spacial score (nSPS) is 20.8. The lowest BCUT2D eigenvalue weighted by molar-refractivity contribution is -0.142. The Morgan fingerprint density at radius 1 is 1.27 bits per heavy atom. The average Bonchev–Trinajstić information content (AvgIpc) is 3.27. The van der Waals surface area contributed by atoms with Gasteiger partial charge in [-0.1, -0.05) is 18.7 Å². The van der Waals surface area contributed by atoms with E-state index in [1.54, 1.807) is 18.1 Å². The van der Waals surface area contributed by atoms with E-state index in [0.29, 0.717) is 26.1 Å². The van der Waals surface area contributed by atoms with E-state index in [1.165, 1.54) is 7.11 Å². The van der Waals surface area contributed by atoms with Crippen molar-refractivity contribution in [2.24, 2.45) is 0 Å². The minimum atomic E-state index is -0.425. The van der Waals surface area contributed by atoms with Crippen molar-refractivity contribution in [1.29, 1.82) is 0 Å². The predicted molar refractivity (Wildman–Crippen MR) is 98.3 cm³/mol. The Hall–Kier alpha value is -2.25. The van der Waals surface area contributed by atoms with Gasteiger partial charge < -0.3 is 19.5 Å². The Bertz CT molecular complexity index is 709. The number of methoxy groups -OCH3 is 2. The predicted octanol–water partition coefficient (Wildman–Crippen LogP) is 2.12. The second-order valence-electron chi connectivity index (χ2n) is 6.10. The third-order valence-electron chi connectivity index (χ3n) is 4.66. The summed E-state index contributed by atoms with van der Waals surface area (Å²) >= 11 is 0. The number of esters is 1. The molecule has 0 aliphatic carbocycles. The van der Waals surface area contributed by atoms with Crippen LogP contribution in [0, 0.1) is 0 Å². The topological polar surface area (TPSA) is 77.1 Å². The fourth-order valence-electron chi connectivity index (χ4n) is 3.33. The number of carbonyl (C=O) groups excluding carboxylic acids is 2. The standard InChI is InChI=1S/C18H22N2O5.ClH/c1-4-11-5-6-16(23-2)14-10-20(9-13(11)14)18(22)25-12-7-15(19-8-12)17(21)24-3;/h4-6,12,15,19H,1,7-10H2,2-3H3;1H/t12-,15+;/m1./s1. The molecule has 1 amide bonds. The molecule has 2 atom stereocenters. The third kappa shape index (κ3) is 3.78. The second-order valence-corrected chi connectivity index (χ2v) is 6.10. The highest BCUT2D eigenvalue weighted by Crippen LogP contribution is 2.34. The third-order valence-corrected chi connectivity index (χ3v) is 4.66. The van der Waals surface area contributed by atoms with E-state index in [4.69, 9.17) is 14.2 Å². The zero-order valence-corrected chi connectivity index (χ0v) is 15.6. The molecule has 0 spiro atoms. The molecule has 0 aromatic heterocycles. The Balaban J connectivity index is 0.00000243. The number of nitrogens with one attached hydrogen (secondary N) is 1. The Morgan fingerprint density at radius 3 is 2.65 bits per heavy atom. The van der Waals surface area contributed by atoms with Crippen molar-refractivity contribution >= 4 is 30.5 Å². The lowest BCUT2D eigenvalue weighted by Gasteiger charge is -2.18. The highest BCUT2D eigenvalue weighted by atomic mass is 35.5. The monoisotopic (exact) mass is 382 g/mol. The number of fused-ring (bicyclic) bond motifs is 1. The molecular formula is C18H23ClN2O5. The van der Waals surface area contributed by atoms with E-state index in [9.17, 15) is 9.59 Å². The maximum Gasteiger partial charge on any atom is 0.410 e. The molecule has 3 rings (SSSR count). The summed E-state index contributed by atoms with van der Waals surface area (Å²) in [5.74, 6) is 0.414. The Morgan fingerprint density at radius 2 is 2.00 bits per heavy atom. The maximum atomic E-state index is 12.5. The van der Waals surface area contributed by atoms with Gasteiger partial charge >= 0.3 is 12.1 Å². The summed E-state index contributed by atoms with van der Waals surface area (Å²) in [5.41, 5.74) is 3.00. The van der Waals surface area contributed by atoms with Gasteiger partial charge in [0.1, 0.15) is 17.9 Å². The van der Waals surface area contributed by atoms with Crippen LogP contribution < -0.4 is 10.1 Å². The first-order valence-electron chi connectivity index (χ1n) is 8.15. The highest BCUT2D eigenvalue weighted by Gasteiger charge is 2.35. The molecule has 0 saturated carbocycles. The van der Waals surface area contributed by atoms with Crippen LogP contribution in [0.5, 0.6) is 5.75 Å². The molecule has 8 heteroatoms. The van der Waals surface area contributed by atoms with Gasteiger partial charge in [-0.15, -0.1) is 12.4 Å². The van der Waals surface area contributed by atoms with Crippen molar-refractivity contribution in [3.8, 4) is 5.75 Å². The summed E-state index contributed by atoms with van der Waals surface area (Å²) in [6, 6.07) is 3.39. The minimum absolute atomic E-state index is 0. The Labute approximate surface area is 158 Å². The van der Waals surface area contributed by atoms with Gasteiger partial charge in [-0.2, -0.15) is 0 Å². The van der Waals surface area contributed by atoms with Crippen molar-refractivity contribution in [2.45, 2.75) is 31.7 Å². The molecule has 142 valence electrons. The molecule has 0 bridgehead atoms. The number of nitrogens with zero attached hydrogens (tertiary/aromatic N) is 1. The van der Waals surface area contributed by atoms with E-state index in [0.717, 1.165) is 22.4 Å². The van der Waals surface area contributed by atoms with Gasteiger partial charge in [-0.05, 0) is 17.2 Å². The molecule has 1 aromatic carbocycles. The van der Waals surface area contributed by atoms with E-state index >= 15 is 0 Å². The molecule has 2 aliphatic rings. The van der Waals surface area contributed by atoms with E-state index < -0.39 is 12.1 Å². The largest absolute Gasteiger partial charge is 0.496 e. The number of rotatable bonds is 4.